The van der Waals surface area contributed by atoms with E-state index in [0.29, 0.717) is 25.7 Å². The number of likely N-dealkylation sites (N-methyl/N-ethyl adjacent to an activating group) is 1. The number of aromatic nitrogens is 2. The van der Waals surface area contributed by atoms with Gasteiger partial charge in [0.15, 0.2) is 0 Å². The highest BCUT2D eigenvalue weighted by Crippen LogP contribution is 2.29. The number of nitrogens with one attached hydrogen (secondary N) is 1. The number of hydrogen-bond acceptors (Lipinski definition) is 4. The zero-order valence-electron chi connectivity index (χ0n) is 13.9. The van der Waals surface area contributed by atoms with E-state index < -0.39 is 0 Å². The molecule has 2 atom stereocenters. The Morgan fingerprint density at radius 3 is 2.96 bits per heavy atom. The Hall–Kier alpha value is -2.57. The first kappa shape index (κ1) is 16.3. The molecule has 0 saturated carbocycles. The van der Waals surface area contributed by atoms with Gasteiger partial charge in [-0.2, -0.15) is 0 Å². The quantitative estimate of drug-likeness (QED) is 0.899. The molecule has 2 amide bonds. The van der Waals surface area contributed by atoms with Gasteiger partial charge in [0.05, 0.1) is 12.3 Å². The fourth-order valence-electron chi connectivity index (χ4n) is 3.18. The van der Waals surface area contributed by atoms with Gasteiger partial charge in [-0.25, -0.2) is 4.98 Å². The van der Waals surface area contributed by atoms with Gasteiger partial charge in [-0.1, -0.05) is 0 Å². The normalized spacial score (nSPS) is 21.1. The second-order valence-electron chi connectivity index (χ2n) is 6.14. The molecule has 3 heterocycles. The molecule has 128 valence electrons. The molecule has 1 aliphatic heterocycles. The smallest absolute Gasteiger partial charge is 0.223 e. The Morgan fingerprint density at radius 1 is 1.46 bits per heavy atom. The molecule has 7 nitrogen and oxygen atoms in total. The third-order valence-corrected chi connectivity index (χ3v) is 4.51. The van der Waals surface area contributed by atoms with Gasteiger partial charge in [0.1, 0.15) is 17.6 Å². The van der Waals surface area contributed by atoms with Crippen LogP contribution in [-0.4, -0.2) is 39.4 Å². The first-order valence-corrected chi connectivity index (χ1v) is 8.11. The van der Waals surface area contributed by atoms with Gasteiger partial charge in [0, 0.05) is 45.8 Å². The number of amides is 2. The maximum absolute atomic E-state index is 12.3. The number of imidazole rings is 1. The topological polar surface area (TPSA) is 80.4 Å². The summed E-state index contributed by atoms with van der Waals surface area (Å²) in [4.78, 5) is 30.5. The molecule has 0 bridgehead atoms. The molecule has 24 heavy (non-hydrogen) atoms. The highest BCUT2D eigenvalue weighted by Gasteiger charge is 2.37. The Labute approximate surface area is 140 Å². The number of carbonyl (C=O) groups is 2. The minimum atomic E-state index is -0.251. The first-order valence-electron chi connectivity index (χ1n) is 8.11. The number of aryl methyl sites for hydroxylation is 2. The van der Waals surface area contributed by atoms with Crippen LogP contribution in [-0.2, 0) is 23.1 Å². The SMILES string of the molecule is CN1C(=O)CC[C@@H](NC(=O)CCc2ccco2)[C@@H]1c1nccn1C. The molecule has 0 radical (unpaired) electrons. The van der Waals surface area contributed by atoms with Crippen molar-refractivity contribution >= 4 is 11.8 Å². The lowest BCUT2D eigenvalue weighted by atomic mass is 9.95. The molecule has 1 aliphatic rings. The van der Waals surface area contributed by atoms with Gasteiger partial charge in [-0.15, -0.1) is 0 Å². The molecule has 0 aromatic carbocycles. The van der Waals surface area contributed by atoms with E-state index in [1.807, 2.05) is 29.9 Å². The van der Waals surface area contributed by atoms with Crippen LogP contribution >= 0.6 is 0 Å². The van der Waals surface area contributed by atoms with Gasteiger partial charge in [-0.05, 0) is 18.6 Å². The summed E-state index contributed by atoms with van der Waals surface area (Å²) in [6.07, 6.45) is 7.12. The number of hydrogen-bond donors (Lipinski definition) is 1. The fraction of sp³-hybridized carbons (Fsp3) is 0.471. The predicted octanol–water partition coefficient (Wildman–Crippen LogP) is 1.42. The lowest BCUT2D eigenvalue weighted by Gasteiger charge is -2.38. The standard InChI is InChI=1S/C17H22N4O3/c1-20-10-9-18-17(20)16-13(6-8-15(23)21(16)2)19-14(22)7-5-12-4-3-11-24-12/h3-4,9-11,13,16H,5-8H2,1-2H3,(H,19,22)/t13-,16-/m1/s1. The Bertz CT molecular complexity index is 707. The maximum atomic E-state index is 12.3. The van der Waals surface area contributed by atoms with E-state index in [2.05, 4.69) is 10.3 Å². The maximum Gasteiger partial charge on any atom is 0.223 e. The molecule has 1 fully saturated rings. The monoisotopic (exact) mass is 330 g/mol. The van der Waals surface area contributed by atoms with Crippen LogP contribution < -0.4 is 5.32 Å². The summed E-state index contributed by atoms with van der Waals surface area (Å²) in [6.45, 7) is 0. The van der Waals surface area contributed by atoms with E-state index in [1.54, 1.807) is 24.4 Å². The van der Waals surface area contributed by atoms with Gasteiger partial charge >= 0.3 is 0 Å². The molecule has 0 aliphatic carbocycles. The molecule has 1 saturated heterocycles. The van der Waals surface area contributed by atoms with Crippen LogP contribution in [0, 0.1) is 0 Å². The molecule has 3 rings (SSSR count). The van der Waals surface area contributed by atoms with Gasteiger partial charge in [-0.3, -0.25) is 9.59 Å². The van der Waals surface area contributed by atoms with Crippen molar-refractivity contribution in [3.63, 3.8) is 0 Å². The van der Waals surface area contributed by atoms with E-state index in [1.165, 1.54) is 0 Å². The van der Waals surface area contributed by atoms with E-state index in [-0.39, 0.29) is 23.9 Å². The zero-order valence-corrected chi connectivity index (χ0v) is 13.9. The third kappa shape index (κ3) is 3.34. The van der Waals surface area contributed by atoms with Crippen LogP contribution in [0.2, 0.25) is 0 Å². The zero-order chi connectivity index (χ0) is 17.1. The second-order valence-corrected chi connectivity index (χ2v) is 6.14. The highest BCUT2D eigenvalue weighted by molar-refractivity contribution is 5.79. The van der Waals surface area contributed by atoms with E-state index in [0.717, 1.165) is 11.6 Å². The summed E-state index contributed by atoms with van der Waals surface area (Å²) in [6, 6.07) is 3.28. The van der Waals surface area contributed by atoms with Crippen LogP contribution in [0.5, 0.6) is 0 Å². The molecule has 2 aromatic rings. The largest absolute Gasteiger partial charge is 0.469 e. The number of furan rings is 1. The fourth-order valence-corrected chi connectivity index (χ4v) is 3.18. The van der Waals surface area contributed by atoms with Crippen molar-refractivity contribution in [1.29, 1.82) is 0 Å². The van der Waals surface area contributed by atoms with Crippen molar-refractivity contribution in [1.82, 2.24) is 19.8 Å². The second kappa shape index (κ2) is 6.90. The highest BCUT2D eigenvalue weighted by atomic mass is 16.3. The summed E-state index contributed by atoms with van der Waals surface area (Å²) in [7, 11) is 3.66. The predicted molar refractivity (Wildman–Crippen MR) is 86.9 cm³/mol. The van der Waals surface area contributed by atoms with Crippen molar-refractivity contribution in [2.75, 3.05) is 7.05 Å². The summed E-state index contributed by atoms with van der Waals surface area (Å²) < 4.78 is 7.15. The van der Waals surface area contributed by atoms with Crippen LogP contribution in [0.15, 0.2) is 35.2 Å². The van der Waals surface area contributed by atoms with Crippen molar-refractivity contribution in [3.8, 4) is 0 Å². The van der Waals surface area contributed by atoms with Gasteiger partial charge in [0.25, 0.3) is 0 Å². The minimum Gasteiger partial charge on any atom is -0.469 e. The van der Waals surface area contributed by atoms with Crippen LogP contribution in [0.25, 0.3) is 0 Å². The van der Waals surface area contributed by atoms with Gasteiger partial charge in [0.2, 0.25) is 11.8 Å². The number of rotatable bonds is 5. The molecule has 7 heteroatoms. The molecule has 0 spiro atoms. The lowest BCUT2D eigenvalue weighted by Crippen LogP contribution is -2.51. The first-order chi connectivity index (χ1) is 11.6. The Morgan fingerprint density at radius 2 is 2.29 bits per heavy atom. The number of piperidine rings is 1. The Balaban J connectivity index is 1.69. The minimum absolute atomic E-state index is 0.0432. The average molecular weight is 330 g/mol. The summed E-state index contributed by atoms with van der Waals surface area (Å²) >= 11 is 0. The summed E-state index contributed by atoms with van der Waals surface area (Å²) in [5, 5.41) is 3.07. The summed E-state index contributed by atoms with van der Waals surface area (Å²) in [5.74, 6) is 1.60. The Kier molecular flexibility index (Phi) is 4.69. The number of nitrogens with zero attached hydrogens (tertiary/aromatic N) is 3. The number of carbonyl (C=O) groups excluding carboxylic acids is 2. The molecular formula is C17H22N4O3. The van der Waals surface area contributed by atoms with E-state index >= 15 is 0 Å². The van der Waals surface area contributed by atoms with Crippen molar-refractivity contribution in [2.45, 2.75) is 37.8 Å². The van der Waals surface area contributed by atoms with Gasteiger partial charge < -0.3 is 19.2 Å². The molecule has 1 N–H and O–H groups in total. The number of likely N-dealkylation sites (tertiary alicyclic amines) is 1. The lowest BCUT2D eigenvalue weighted by molar-refractivity contribution is -0.137. The van der Waals surface area contributed by atoms with Crippen LogP contribution in [0.1, 0.15) is 36.9 Å². The van der Waals surface area contributed by atoms with Crippen molar-refractivity contribution in [3.05, 3.63) is 42.4 Å². The molecule has 2 aromatic heterocycles. The molecule has 0 unspecified atom stereocenters. The molecular weight excluding hydrogens is 308 g/mol. The average Bonchev–Trinajstić information content (AvgIpc) is 3.21. The van der Waals surface area contributed by atoms with Crippen molar-refractivity contribution in [2.24, 2.45) is 7.05 Å². The van der Waals surface area contributed by atoms with Crippen molar-refractivity contribution < 1.29 is 14.0 Å². The van der Waals surface area contributed by atoms with E-state index in [9.17, 15) is 9.59 Å². The van der Waals surface area contributed by atoms with E-state index in [4.69, 9.17) is 4.42 Å². The van der Waals surface area contributed by atoms with Crippen LogP contribution in [0.3, 0.4) is 0 Å². The van der Waals surface area contributed by atoms with Crippen LogP contribution in [0.4, 0.5) is 0 Å². The summed E-state index contributed by atoms with van der Waals surface area (Å²) in [5.41, 5.74) is 0. The third-order valence-electron chi connectivity index (χ3n) is 4.51.